The smallest absolute Gasteiger partial charge is 0.311 e. The van der Waals surface area contributed by atoms with Crippen LogP contribution < -0.4 is 4.74 Å². The number of phenols is 1. The van der Waals surface area contributed by atoms with Crippen molar-refractivity contribution in [3.63, 3.8) is 0 Å². The molecule has 0 amide bonds. The molecule has 3 aliphatic rings. The van der Waals surface area contributed by atoms with E-state index in [0.717, 1.165) is 35.1 Å². The van der Waals surface area contributed by atoms with Gasteiger partial charge in [0, 0.05) is 29.4 Å². The van der Waals surface area contributed by atoms with Gasteiger partial charge in [-0.15, -0.1) is 0 Å². The third kappa shape index (κ3) is 2.39. The monoisotopic (exact) mass is 370 g/mol. The predicted molar refractivity (Wildman–Crippen MR) is 108 cm³/mol. The van der Waals surface area contributed by atoms with Gasteiger partial charge in [-0.3, -0.25) is 4.79 Å². The van der Waals surface area contributed by atoms with E-state index in [1.54, 1.807) is 6.07 Å². The molecule has 0 aliphatic heterocycles. The maximum atomic E-state index is 12.3. The molecule has 2 atom stereocenters. The molecule has 2 bridgehead atoms. The van der Waals surface area contributed by atoms with Gasteiger partial charge in [0.1, 0.15) is 11.5 Å². The Labute approximate surface area is 164 Å². The third-order valence-electron chi connectivity index (χ3n) is 5.99. The van der Waals surface area contributed by atoms with E-state index in [2.05, 4.69) is 37.3 Å². The number of hydrogen-bond donors (Lipinski definition) is 1. The first-order chi connectivity index (χ1) is 13.7. The van der Waals surface area contributed by atoms with E-state index in [0.29, 0.717) is 17.9 Å². The van der Waals surface area contributed by atoms with Gasteiger partial charge in [-0.25, -0.2) is 0 Å². The standard InChI is InChI=1S/C25H22O3/c1-2-3-14-21(27)28-20-13-7-11-18-22-15-8-4-5-9-16(15)23(25(18)20)17-10-6-12-19(26)24(17)22/h4-13,22-23,26H,2-3,14H2,1H3. The minimum Gasteiger partial charge on any atom is -0.508 e. The molecular weight excluding hydrogens is 348 g/mol. The van der Waals surface area contributed by atoms with Gasteiger partial charge < -0.3 is 9.84 Å². The molecule has 3 aromatic rings. The molecule has 3 aromatic carbocycles. The molecule has 0 radical (unpaired) electrons. The van der Waals surface area contributed by atoms with Gasteiger partial charge in [-0.1, -0.05) is 61.9 Å². The summed E-state index contributed by atoms with van der Waals surface area (Å²) in [5.74, 6) is 0.728. The number of hydrogen-bond acceptors (Lipinski definition) is 3. The van der Waals surface area contributed by atoms with E-state index < -0.39 is 0 Å². The number of esters is 1. The Balaban J connectivity index is 1.70. The summed E-state index contributed by atoms with van der Waals surface area (Å²) in [6.07, 6.45) is 2.23. The zero-order chi connectivity index (χ0) is 19.3. The molecule has 3 heteroatoms. The molecule has 0 saturated carbocycles. The van der Waals surface area contributed by atoms with Gasteiger partial charge in [-0.2, -0.15) is 0 Å². The van der Waals surface area contributed by atoms with Crippen molar-refractivity contribution in [2.45, 2.75) is 38.0 Å². The van der Waals surface area contributed by atoms with E-state index in [9.17, 15) is 9.90 Å². The number of carbonyl (C=O) groups excluding carboxylic acids is 1. The second-order valence-electron chi connectivity index (χ2n) is 7.61. The lowest BCUT2D eigenvalue weighted by atomic mass is 9.60. The lowest BCUT2D eigenvalue weighted by Gasteiger charge is -2.42. The Morgan fingerprint density at radius 1 is 0.857 bits per heavy atom. The van der Waals surface area contributed by atoms with Crippen LogP contribution in [-0.2, 0) is 4.79 Å². The topological polar surface area (TPSA) is 46.5 Å². The molecule has 6 rings (SSSR count). The minimum absolute atomic E-state index is 0.0338. The van der Waals surface area contributed by atoms with Crippen LogP contribution in [0.2, 0.25) is 0 Å². The number of benzene rings is 3. The van der Waals surface area contributed by atoms with Gasteiger partial charge in [-0.05, 0) is 40.8 Å². The minimum atomic E-state index is -0.180. The fraction of sp³-hybridized carbons (Fsp3) is 0.240. The van der Waals surface area contributed by atoms with E-state index in [1.807, 2.05) is 24.3 Å². The zero-order valence-corrected chi connectivity index (χ0v) is 15.8. The van der Waals surface area contributed by atoms with Gasteiger partial charge in [0.05, 0.1) is 0 Å². The normalized spacial score (nSPS) is 18.2. The van der Waals surface area contributed by atoms with Crippen LogP contribution in [0.25, 0.3) is 0 Å². The maximum absolute atomic E-state index is 12.3. The molecule has 0 aromatic heterocycles. The Morgan fingerprint density at radius 3 is 2.18 bits per heavy atom. The van der Waals surface area contributed by atoms with Gasteiger partial charge in [0.25, 0.3) is 0 Å². The summed E-state index contributed by atoms with van der Waals surface area (Å²) in [6.45, 7) is 2.07. The largest absolute Gasteiger partial charge is 0.508 e. The van der Waals surface area contributed by atoms with Crippen LogP contribution in [-0.4, -0.2) is 11.1 Å². The second kappa shape index (κ2) is 6.52. The van der Waals surface area contributed by atoms with Crippen LogP contribution in [0.15, 0.2) is 60.7 Å². The second-order valence-corrected chi connectivity index (χ2v) is 7.61. The molecule has 0 saturated heterocycles. The number of rotatable bonds is 4. The Bertz CT molecular complexity index is 1080. The van der Waals surface area contributed by atoms with E-state index in [4.69, 9.17) is 4.74 Å². The lowest BCUT2D eigenvalue weighted by molar-refractivity contribution is -0.134. The van der Waals surface area contributed by atoms with Crippen LogP contribution in [0.4, 0.5) is 0 Å². The summed E-state index contributed by atoms with van der Waals surface area (Å²) >= 11 is 0. The molecular formula is C25H22O3. The molecule has 140 valence electrons. The van der Waals surface area contributed by atoms with Crippen LogP contribution in [0.3, 0.4) is 0 Å². The lowest BCUT2D eigenvalue weighted by Crippen LogP contribution is -2.28. The number of phenolic OH excluding ortho intramolecular Hbond substituents is 1. The van der Waals surface area contributed by atoms with Crippen molar-refractivity contribution in [2.24, 2.45) is 0 Å². The van der Waals surface area contributed by atoms with Crippen molar-refractivity contribution in [3.05, 3.63) is 94.0 Å². The summed E-state index contributed by atoms with van der Waals surface area (Å²) in [5.41, 5.74) is 6.73. The molecule has 0 spiro atoms. The molecule has 3 aliphatic carbocycles. The third-order valence-corrected chi connectivity index (χ3v) is 5.99. The predicted octanol–water partition coefficient (Wildman–Crippen LogP) is 5.48. The quantitative estimate of drug-likeness (QED) is 0.337. The fourth-order valence-electron chi connectivity index (χ4n) is 4.84. The fourth-order valence-corrected chi connectivity index (χ4v) is 4.84. The summed E-state index contributed by atoms with van der Waals surface area (Å²) in [4.78, 5) is 12.3. The first-order valence-corrected chi connectivity index (χ1v) is 9.94. The van der Waals surface area contributed by atoms with Crippen molar-refractivity contribution in [1.29, 1.82) is 0 Å². The Morgan fingerprint density at radius 2 is 1.46 bits per heavy atom. The summed E-state index contributed by atoms with van der Waals surface area (Å²) in [6, 6.07) is 20.1. The Hall–Kier alpha value is -3.07. The molecule has 0 fully saturated rings. The highest BCUT2D eigenvalue weighted by atomic mass is 16.5. The molecule has 1 N–H and O–H groups in total. The van der Waals surface area contributed by atoms with Crippen LogP contribution >= 0.6 is 0 Å². The molecule has 2 unspecified atom stereocenters. The zero-order valence-electron chi connectivity index (χ0n) is 15.8. The van der Waals surface area contributed by atoms with Crippen molar-refractivity contribution in [2.75, 3.05) is 0 Å². The van der Waals surface area contributed by atoms with Crippen LogP contribution in [0.5, 0.6) is 11.5 Å². The van der Waals surface area contributed by atoms with Crippen molar-refractivity contribution in [1.82, 2.24) is 0 Å². The molecule has 28 heavy (non-hydrogen) atoms. The summed E-state index contributed by atoms with van der Waals surface area (Å²) < 4.78 is 5.83. The van der Waals surface area contributed by atoms with Crippen LogP contribution in [0.1, 0.15) is 71.4 Å². The van der Waals surface area contributed by atoms with E-state index in [1.165, 1.54) is 11.1 Å². The number of ether oxygens (including phenoxy) is 1. The van der Waals surface area contributed by atoms with Crippen molar-refractivity contribution < 1.29 is 14.6 Å². The first kappa shape index (κ1) is 17.1. The average Bonchev–Trinajstić information content (AvgIpc) is 2.72. The van der Waals surface area contributed by atoms with E-state index >= 15 is 0 Å². The first-order valence-electron chi connectivity index (χ1n) is 9.94. The van der Waals surface area contributed by atoms with Gasteiger partial charge >= 0.3 is 5.97 Å². The summed E-state index contributed by atoms with van der Waals surface area (Å²) in [7, 11) is 0. The number of aromatic hydroxyl groups is 1. The van der Waals surface area contributed by atoms with Crippen molar-refractivity contribution in [3.8, 4) is 11.5 Å². The van der Waals surface area contributed by atoms with Gasteiger partial charge in [0.2, 0.25) is 0 Å². The Kier molecular flexibility index (Phi) is 3.97. The molecule has 3 nitrogen and oxygen atoms in total. The highest BCUT2D eigenvalue weighted by Crippen LogP contribution is 2.59. The SMILES string of the molecule is CCCCC(=O)Oc1cccc2c1C1c3ccccc3C2c2c(O)cccc21. The van der Waals surface area contributed by atoms with Crippen LogP contribution in [0, 0.1) is 0 Å². The molecule has 0 heterocycles. The van der Waals surface area contributed by atoms with Gasteiger partial charge in [0.15, 0.2) is 0 Å². The maximum Gasteiger partial charge on any atom is 0.311 e. The van der Waals surface area contributed by atoms with E-state index in [-0.39, 0.29) is 17.8 Å². The number of unbranched alkanes of at least 4 members (excludes halogenated alkanes) is 1. The summed E-state index contributed by atoms with van der Waals surface area (Å²) in [5, 5.41) is 10.7. The van der Waals surface area contributed by atoms with Crippen molar-refractivity contribution >= 4 is 5.97 Å². The average molecular weight is 370 g/mol. The highest BCUT2D eigenvalue weighted by Gasteiger charge is 2.44. The highest BCUT2D eigenvalue weighted by molar-refractivity contribution is 5.76. The number of carbonyl (C=O) groups is 1.